The van der Waals surface area contributed by atoms with E-state index in [1.165, 1.54) is 28.9 Å². The van der Waals surface area contributed by atoms with Gasteiger partial charge in [-0.2, -0.15) is 0 Å². The third-order valence-corrected chi connectivity index (χ3v) is 12.3. The number of hydrogen-bond donors (Lipinski definition) is 0. The van der Waals surface area contributed by atoms with Gasteiger partial charge in [-0.05, 0) is 61.3 Å². The molecule has 0 radical (unpaired) electrons. The van der Waals surface area contributed by atoms with E-state index in [2.05, 4.69) is 23.5 Å². The van der Waals surface area contributed by atoms with Gasteiger partial charge in [0, 0.05) is 11.5 Å². The quantitative estimate of drug-likeness (QED) is 0.479. The van der Waals surface area contributed by atoms with Crippen molar-refractivity contribution in [3.8, 4) is 0 Å². The summed E-state index contributed by atoms with van der Waals surface area (Å²) in [6.45, 7) is 0. The maximum atomic E-state index is 13.5. The maximum Gasteiger partial charge on any atom is 0.238 e. The highest BCUT2D eigenvalue weighted by Crippen LogP contribution is 2.72. The number of imide groups is 1. The van der Waals surface area contributed by atoms with Crippen molar-refractivity contribution in [2.45, 2.75) is 54.3 Å². The number of hydrogen-bond acceptors (Lipinski definition) is 5. The summed E-state index contributed by atoms with van der Waals surface area (Å²) in [5.74, 6) is 2.51. The molecule has 7 rings (SSSR count). The van der Waals surface area contributed by atoms with Crippen LogP contribution in [0, 0.1) is 17.8 Å². The number of ether oxygens (including phenoxy) is 1. The van der Waals surface area contributed by atoms with Crippen molar-refractivity contribution in [3.63, 3.8) is 0 Å². The normalized spacial score (nSPS) is 40.9. The van der Waals surface area contributed by atoms with Crippen molar-refractivity contribution >= 4 is 41.0 Å². The zero-order chi connectivity index (χ0) is 20.1. The molecular weight excluding hydrogens is 414 g/mol. The van der Waals surface area contributed by atoms with Crippen LogP contribution < -0.4 is 4.90 Å². The Morgan fingerprint density at radius 1 is 1.00 bits per heavy atom. The van der Waals surface area contributed by atoms with Gasteiger partial charge in [0.15, 0.2) is 0 Å². The number of para-hydroxylation sites is 1. The molecule has 4 heterocycles. The van der Waals surface area contributed by atoms with Gasteiger partial charge in [-0.15, -0.1) is 23.5 Å². The first-order valence-electron chi connectivity index (χ1n) is 11.3. The van der Waals surface area contributed by atoms with Crippen LogP contribution in [-0.2, 0) is 14.3 Å². The molecule has 5 atom stereocenters. The molecule has 3 saturated heterocycles. The second kappa shape index (κ2) is 6.17. The van der Waals surface area contributed by atoms with Gasteiger partial charge >= 0.3 is 0 Å². The summed E-state index contributed by atoms with van der Waals surface area (Å²) in [5, 5.41) is 0. The first-order chi connectivity index (χ1) is 14.6. The van der Waals surface area contributed by atoms with Crippen LogP contribution in [-0.4, -0.2) is 39.1 Å². The summed E-state index contributed by atoms with van der Waals surface area (Å²) in [6, 6.07) is 9.46. The average Bonchev–Trinajstić information content (AvgIpc) is 3.50. The number of benzene rings is 1. The molecule has 2 amide bonds. The number of nitrogens with zero attached hydrogens (tertiary/aromatic N) is 1. The van der Waals surface area contributed by atoms with Gasteiger partial charge in [0.25, 0.3) is 0 Å². The molecule has 4 aliphatic heterocycles. The van der Waals surface area contributed by atoms with E-state index in [1.807, 2.05) is 30.3 Å². The van der Waals surface area contributed by atoms with Crippen LogP contribution in [0.15, 0.2) is 41.5 Å². The molecule has 4 nitrogen and oxygen atoms in total. The van der Waals surface area contributed by atoms with E-state index in [9.17, 15) is 9.59 Å². The Morgan fingerprint density at radius 2 is 1.73 bits per heavy atom. The standard InChI is InChI=1S/C24H25NO3S2/c26-21-16-12-18-19(13-17(16)22(27)25(21)15-6-2-1-3-7-15)24(29-9-10-30-24)23-8-4-5-14(23)11-20(18)28-23/h1-3,6-7,14,16-17,20H,4-5,8-13H2/t14-,16+,17-,20+,23-/m0/s1. The highest BCUT2D eigenvalue weighted by molar-refractivity contribution is 8.21. The monoisotopic (exact) mass is 439 g/mol. The van der Waals surface area contributed by atoms with Crippen LogP contribution in [0.25, 0.3) is 0 Å². The second-order valence-corrected chi connectivity index (χ2v) is 12.5. The first kappa shape index (κ1) is 18.3. The molecule has 30 heavy (non-hydrogen) atoms. The van der Waals surface area contributed by atoms with Gasteiger partial charge in [-0.1, -0.05) is 24.6 Å². The molecule has 1 aromatic rings. The van der Waals surface area contributed by atoms with E-state index < -0.39 is 0 Å². The van der Waals surface area contributed by atoms with E-state index in [0.29, 0.717) is 18.0 Å². The van der Waals surface area contributed by atoms with Gasteiger partial charge in [-0.3, -0.25) is 14.5 Å². The van der Waals surface area contributed by atoms with Gasteiger partial charge in [-0.25, -0.2) is 0 Å². The smallest absolute Gasteiger partial charge is 0.238 e. The number of carbonyl (C=O) groups excluding carboxylic acids is 2. The van der Waals surface area contributed by atoms with Gasteiger partial charge in [0.05, 0.1) is 29.2 Å². The molecule has 1 aromatic carbocycles. The molecule has 1 saturated carbocycles. The largest absolute Gasteiger partial charge is 0.364 e. The molecule has 4 fully saturated rings. The van der Waals surface area contributed by atoms with Crippen LogP contribution >= 0.6 is 23.5 Å². The minimum absolute atomic E-state index is 0.00482. The lowest BCUT2D eigenvalue weighted by atomic mass is 9.72. The first-order valence-corrected chi connectivity index (χ1v) is 13.2. The molecule has 2 spiro atoms. The van der Waals surface area contributed by atoms with Crippen molar-refractivity contribution in [2.24, 2.45) is 17.8 Å². The molecule has 156 valence electrons. The Balaban J connectivity index is 1.32. The van der Waals surface area contributed by atoms with Crippen molar-refractivity contribution < 1.29 is 14.3 Å². The molecule has 0 N–H and O–H groups in total. The number of carbonyl (C=O) groups is 2. The van der Waals surface area contributed by atoms with Crippen LogP contribution in [0.2, 0.25) is 0 Å². The van der Waals surface area contributed by atoms with Crippen molar-refractivity contribution in [2.75, 3.05) is 16.4 Å². The van der Waals surface area contributed by atoms with Crippen LogP contribution in [0.3, 0.4) is 0 Å². The molecule has 2 aliphatic carbocycles. The predicted molar refractivity (Wildman–Crippen MR) is 119 cm³/mol. The minimum Gasteiger partial charge on any atom is -0.364 e. The van der Waals surface area contributed by atoms with E-state index >= 15 is 0 Å². The van der Waals surface area contributed by atoms with Crippen LogP contribution in [0.5, 0.6) is 0 Å². The highest BCUT2D eigenvalue weighted by Gasteiger charge is 2.71. The number of thioether (sulfide) groups is 2. The van der Waals surface area contributed by atoms with E-state index in [1.54, 1.807) is 0 Å². The van der Waals surface area contributed by atoms with Gasteiger partial charge in [0.1, 0.15) is 4.08 Å². The lowest BCUT2D eigenvalue weighted by Crippen LogP contribution is -2.55. The Bertz CT molecular complexity index is 985. The zero-order valence-electron chi connectivity index (χ0n) is 16.8. The molecule has 0 aromatic heterocycles. The summed E-state index contributed by atoms with van der Waals surface area (Å²) < 4.78 is 6.91. The number of rotatable bonds is 1. The van der Waals surface area contributed by atoms with E-state index in [0.717, 1.165) is 30.8 Å². The Morgan fingerprint density at radius 3 is 2.50 bits per heavy atom. The number of anilines is 1. The summed E-state index contributed by atoms with van der Waals surface area (Å²) in [7, 11) is 0. The Labute approximate surface area is 185 Å². The molecular formula is C24H25NO3S2. The van der Waals surface area contributed by atoms with Crippen LogP contribution in [0.4, 0.5) is 5.69 Å². The van der Waals surface area contributed by atoms with Crippen LogP contribution in [0.1, 0.15) is 38.5 Å². The zero-order valence-corrected chi connectivity index (χ0v) is 18.5. The maximum absolute atomic E-state index is 13.5. The fourth-order valence-corrected chi connectivity index (χ4v) is 11.3. The van der Waals surface area contributed by atoms with Gasteiger partial charge < -0.3 is 4.74 Å². The number of fused-ring (bicyclic) bond motifs is 4. The van der Waals surface area contributed by atoms with E-state index in [4.69, 9.17) is 4.74 Å². The van der Waals surface area contributed by atoms with E-state index in [-0.39, 0.29) is 39.4 Å². The fraction of sp³-hybridized carbons (Fsp3) is 0.583. The summed E-state index contributed by atoms with van der Waals surface area (Å²) in [4.78, 5) is 28.3. The van der Waals surface area contributed by atoms with Crippen molar-refractivity contribution in [3.05, 3.63) is 41.5 Å². The average molecular weight is 440 g/mol. The summed E-state index contributed by atoms with van der Waals surface area (Å²) in [5.41, 5.74) is 3.55. The lowest BCUT2D eigenvalue weighted by molar-refractivity contribution is -0.122. The summed E-state index contributed by atoms with van der Waals surface area (Å²) >= 11 is 4.16. The third kappa shape index (κ3) is 2.06. The second-order valence-electron chi connectivity index (χ2n) is 9.61. The summed E-state index contributed by atoms with van der Waals surface area (Å²) in [6.07, 6.45) is 6.44. The van der Waals surface area contributed by atoms with Crippen molar-refractivity contribution in [1.29, 1.82) is 0 Å². The van der Waals surface area contributed by atoms with Crippen molar-refractivity contribution in [1.82, 2.24) is 0 Å². The molecule has 0 unspecified atom stereocenters. The molecule has 6 heteroatoms. The Kier molecular flexibility index (Phi) is 3.77. The Hall–Kier alpha value is -1.24. The lowest BCUT2D eigenvalue weighted by Gasteiger charge is -2.52. The molecule has 2 bridgehead atoms. The van der Waals surface area contributed by atoms with Gasteiger partial charge in [0.2, 0.25) is 11.8 Å². The number of amides is 2. The minimum atomic E-state index is -0.219. The fourth-order valence-electron chi connectivity index (χ4n) is 7.34. The third-order valence-electron chi connectivity index (χ3n) is 8.48. The molecule has 6 aliphatic rings. The SMILES string of the molecule is O=C1[C@H]2CC3=C(C[C@H]2C(=O)N1c1ccccc1)[C@H]1C[C@@H]2CCC[C@@]2(O1)C31SCCS1. The predicted octanol–water partition coefficient (Wildman–Crippen LogP) is 4.40. The highest BCUT2D eigenvalue weighted by atomic mass is 32.2. The topological polar surface area (TPSA) is 46.6 Å².